The van der Waals surface area contributed by atoms with E-state index in [2.05, 4.69) is 5.32 Å². The molecule has 0 spiro atoms. The summed E-state index contributed by atoms with van der Waals surface area (Å²) in [5, 5.41) is 2.29. The third-order valence-corrected chi connectivity index (χ3v) is 2.56. The minimum absolute atomic E-state index is 0.240. The Hall–Kier alpha value is -2.63. The highest BCUT2D eigenvalue weighted by Crippen LogP contribution is 2.17. The van der Waals surface area contributed by atoms with Crippen LogP contribution in [-0.2, 0) is 0 Å². The standard InChI is InChI=1S/C14H8F3NO2/c15-11-5-4-10(12(16)13(11)17)14(20)18-9-3-1-2-8(6-9)7-19/h1-7H,(H,18,20). The fraction of sp³-hybridized carbons (Fsp3) is 0. The van der Waals surface area contributed by atoms with Crippen molar-refractivity contribution in [1.82, 2.24) is 0 Å². The lowest BCUT2D eigenvalue weighted by Gasteiger charge is -2.07. The Morgan fingerprint density at radius 1 is 1.05 bits per heavy atom. The molecular formula is C14H8F3NO2. The van der Waals surface area contributed by atoms with Crippen molar-refractivity contribution < 1.29 is 22.8 Å². The van der Waals surface area contributed by atoms with E-state index in [-0.39, 0.29) is 5.69 Å². The van der Waals surface area contributed by atoms with E-state index in [4.69, 9.17) is 0 Å². The van der Waals surface area contributed by atoms with Gasteiger partial charge in [0.05, 0.1) is 5.56 Å². The molecule has 1 amide bonds. The largest absolute Gasteiger partial charge is 0.322 e. The summed E-state index contributed by atoms with van der Waals surface area (Å²) in [5.41, 5.74) is -0.0716. The lowest BCUT2D eigenvalue weighted by molar-refractivity contribution is 0.102. The van der Waals surface area contributed by atoms with Gasteiger partial charge in [0.2, 0.25) is 0 Å². The molecule has 0 aromatic heterocycles. The maximum Gasteiger partial charge on any atom is 0.258 e. The van der Waals surface area contributed by atoms with Crippen LogP contribution >= 0.6 is 0 Å². The second-order valence-electron chi connectivity index (χ2n) is 3.92. The van der Waals surface area contributed by atoms with E-state index in [0.29, 0.717) is 17.9 Å². The first-order chi connectivity index (χ1) is 9.52. The van der Waals surface area contributed by atoms with Crippen LogP contribution in [0.4, 0.5) is 18.9 Å². The molecule has 0 bridgehead atoms. The van der Waals surface area contributed by atoms with Crippen LogP contribution in [0.15, 0.2) is 36.4 Å². The van der Waals surface area contributed by atoms with Gasteiger partial charge in [-0.1, -0.05) is 12.1 Å². The highest BCUT2D eigenvalue weighted by molar-refractivity contribution is 6.04. The quantitative estimate of drug-likeness (QED) is 0.693. The van der Waals surface area contributed by atoms with Crippen molar-refractivity contribution in [3.8, 4) is 0 Å². The van der Waals surface area contributed by atoms with Crippen molar-refractivity contribution in [2.75, 3.05) is 5.32 Å². The Morgan fingerprint density at radius 2 is 1.80 bits per heavy atom. The molecule has 0 saturated heterocycles. The molecule has 102 valence electrons. The second-order valence-corrected chi connectivity index (χ2v) is 3.92. The topological polar surface area (TPSA) is 46.2 Å². The first-order valence-corrected chi connectivity index (χ1v) is 5.53. The predicted octanol–water partition coefficient (Wildman–Crippen LogP) is 3.17. The molecular weight excluding hydrogens is 271 g/mol. The van der Waals surface area contributed by atoms with Crippen LogP contribution in [0.25, 0.3) is 0 Å². The molecule has 0 unspecified atom stereocenters. The van der Waals surface area contributed by atoms with Crippen molar-refractivity contribution in [2.45, 2.75) is 0 Å². The van der Waals surface area contributed by atoms with Gasteiger partial charge in [-0.3, -0.25) is 9.59 Å². The van der Waals surface area contributed by atoms with Gasteiger partial charge < -0.3 is 5.32 Å². The molecule has 2 aromatic carbocycles. The normalized spacial score (nSPS) is 10.2. The Balaban J connectivity index is 2.28. The highest BCUT2D eigenvalue weighted by atomic mass is 19.2. The average Bonchev–Trinajstić information content (AvgIpc) is 2.45. The minimum atomic E-state index is -1.71. The molecule has 0 aliphatic rings. The summed E-state index contributed by atoms with van der Waals surface area (Å²) in [6, 6.07) is 7.37. The van der Waals surface area contributed by atoms with Gasteiger partial charge in [0, 0.05) is 11.3 Å². The molecule has 0 aliphatic heterocycles. The number of halogens is 3. The Morgan fingerprint density at radius 3 is 2.50 bits per heavy atom. The van der Waals surface area contributed by atoms with Gasteiger partial charge in [0.1, 0.15) is 6.29 Å². The predicted molar refractivity (Wildman–Crippen MR) is 66.1 cm³/mol. The van der Waals surface area contributed by atoms with Crippen LogP contribution in [-0.4, -0.2) is 12.2 Å². The molecule has 0 fully saturated rings. The summed E-state index contributed by atoms with van der Waals surface area (Å²) >= 11 is 0. The molecule has 20 heavy (non-hydrogen) atoms. The van der Waals surface area contributed by atoms with Crippen LogP contribution < -0.4 is 5.32 Å². The maximum absolute atomic E-state index is 13.4. The number of aldehydes is 1. The number of rotatable bonds is 3. The van der Waals surface area contributed by atoms with Gasteiger partial charge in [0.25, 0.3) is 5.91 Å². The summed E-state index contributed by atoms with van der Waals surface area (Å²) in [4.78, 5) is 22.4. The zero-order chi connectivity index (χ0) is 14.7. The lowest BCUT2D eigenvalue weighted by Crippen LogP contribution is -2.15. The molecule has 0 radical (unpaired) electrons. The summed E-state index contributed by atoms with van der Waals surface area (Å²) in [6.07, 6.45) is 0.577. The molecule has 2 aromatic rings. The number of carbonyl (C=O) groups excluding carboxylic acids is 2. The molecule has 0 aliphatic carbocycles. The van der Waals surface area contributed by atoms with Crippen LogP contribution in [0.2, 0.25) is 0 Å². The molecule has 0 saturated carbocycles. The number of hydrogen-bond acceptors (Lipinski definition) is 2. The zero-order valence-corrected chi connectivity index (χ0v) is 9.99. The van der Waals surface area contributed by atoms with Gasteiger partial charge in [-0.2, -0.15) is 0 Å². The Kier molecular flexibility index (Phi) is 3.84. The number of carbonyl (C=O) groups is 2. The highest BCUT2D eigenvalue weighted by Gasteiger charge is 2.18. The molecule has 2 rings (SSSR count). The Bertz CT molecular complexity index is 686. The third kappa shape index (κ3) is 2.69. The van der Waals surface area contributed by atoms with Crippen LogP contribution in [0.1, 0.15) is 20.7 Å². The van der Waals surface area contributed by atoms with Crippen molar-refractivity contribution in [3.05, 3.63) is 65.0 Å². The van der Waals surface area contributed by atoms with Crippen LogP contribution in [0.5, 0.6) is 0 Å². The van der Waals surface area contributed by atoms with E-state index in [0.717, 1.165) is 6.07 Å². The first-order valence-electron chi connectivity index (χ1n) is 5.53. The number of nitrogens with one attached hydrogen (secondary N) is 1. The van der Waals surface area contributed by atoms with E-state index in [1.165, 1.54) is 24.3 Å². The molecule has 6 heteroatoms. The van der Waals surface area contributed by atoms with Crippen LogP contribution in [0.3, 0.4) is 0 Å². The second kappa shape index (κ2) is 5.56. The van der Waals surface area contributed by atoms with Gasteiger partial charge >= 0.3 is 0 Å². The molecule has 0 heterocycles. The third-order valence-electron chi connectivity index (χ3n) is 2.56. The number of amides is 1. The van der Waals surface area contributed by atoms with E-state index in [9.17, 15) is 22.8 Å². The summed E-state index contributed by atoms with van der Waals surface area (Å²) in [5.74, 6) is -5.58. The fourth-order valence-electron chi connectivity index (χ4n) is 1.59. The average molecular weight is 279 g/mol. The van der Waals surface area contributed by atoms with E-state index < -0.39 is 28.9 Å². The molecule has 1 N–H and O–H groups in total. The van der Waals surface area contributed by atoms with Gasteiger partial charge in [0.15, 0.2) is 17.5 Å². The first kappa shape index (κ1) is 13.8. The Labute approximate surface area is 112 Å². The minimum Gasteiger partial charge on any atom is -0.322 e. The summed E-state index contributed by atoms with van der Waals surface area (Å²) < 4.78 is 39.2. The molecule has 3 nitrogen and oxygen atoms in total. The van der Waals surface area contributed by atoms with Gasteiger partial charge in [-0.15, -0.1) is 0 Å². The van der Waals surface area contributed by atoms with Crippen molar-refractivity contribution >= 4 is 17.9 Å². The van der Waals surface area contributed by atoms with Crippen LogP contribution in [0, 0.1) is 17.5 Å². The van der Waals surface area contributed by atoms with E-state index in [1.54, 1.807) is 0 Å². The number of hydrogen-bond donors (Lipinski definition) is 1. The lowest BCUT2D eigenvalue weighted by atomic mass is 10.1. The molecule has 0 atom stereocenters. The van der Waals surface area contributed by atoms with Crippen molar-refractivity contribution in [3.63, 3.8) is 0 Å². The summed E-state index contributed by atoms with van der Waals surface area (Å²) in [7, 11) is 0. The summed E-state index contributed by atoms with van der Waals surface area (Å²) in [6.45, 7) is 0. The van der Waals surface area contributed by atoms with Crippen molar-refractivity contribution in [1.29, 1.82) is 0 Å². The van der Waals surface area contributed by atoms with Gasteiger partial charge in [-0.05, 0) is 24.3 Å². The SMILES string of the molecule is O=Cc1cccc(NC(=O)c2ccc(F)c(F)c2F)c1. The maximum atomic E-state index is 13.4. The van der Waals surface area contributed by atoms with Gasteiger partial charge in [-0.25, -0.2) is 13.2 Å². The van der Waals surface area contributed by atoms with Crippen molar-refractivity contribution in [2.24, 2.45) is 0 Å². The fourth-order valence-corrected chi connectivity index (χ4v) is 1.59. The monoisotopic (exact) mass is 279 g/mol. The van der Waals surface area contributed by atoms with E-state index >= 15 is 0 Å². The number of anilines is 1. The zero-order valence-electron chi connectivity index (χ0n) is 9.99. The number of benzene rings is 2. The smallest absolute Gasteiger partial charge is 0.258 e. The van der Waals surface area contributed by atoms with E-state index in [1.807, 2.05) is 0 Å².